The number of nitrogens with zero attached hydrogens (tertiary/aromatic N) is 2. The van der Waals surface area contributed by atoms with Crippen molar-refractivity contribution >= 4 is 11.8 Å². The van der Waals surface area contributed by atoms with Gasteiger partial charge in [-0.2, -0.15) is 5.26 Å². The van der Waals surface area contributed by atoms with Gasteiger partial charge in [0, 0.05) is 11.8 Å². The van der Waals surface area contributed by atoms with Crippen molar-refractivity contribution in [1.82, 2.24) is 4.98 Å². The first-order valence-corrected chi connectivity index (χ1v) is 5.21. The zero-order valence-electron chi connectivity index (χ0n) is 8.10. The molecule has 0 spiro atoms. The zero-order chi connectivity index (χ0) is 10.7. The number of oxazole rings is 1. The lowest BCUT2D eigenvalue weighted by atomic mass is 10.4. The summed E-state index contributed by atoms with van der Waals surface area (Å²) in [6, 6.07) is 11.8. The number of rotatable bonds is 2. The zero-order valence-corrected chi connectivity index (χ0v) is 8.91. The summed E-state index contributed by atoms with van der Waals surface area (Å²) in [6.07, 6.45) is 0. The lowest BCUT2D eigenvalue weighted by Gasteiger charge is -1.95. The van der Waals surface area contributed by atoms with Crippen LogP contribution in [0.2, 0.25) is 0 Å². The summed E-state index contributed by atoms with van der Waals surface area (Å²) in [5.41, 5.74) is 0.348. The van der Waals surface area contributed by atoms with Gasteiger partial charge in [0.1, 0.15) is 6.07 Å². The van der Waals surface area contributed by atoms with Crippen LogP contribution in [-0.4, -0.2) is 4.98 Å². The lowest BCUT2D eigenvalue weighted by molar-refractivity contribution is 0.441. The lowest BCUT2D eigenvalue weighted by Crippen LogP contribution is -1.76. The number of nitriles is 1. The van der Waals surface area contributed by atoms with Crippen LogP contribution in [0.5, 0.6) is 0 Å². The van der Waals surface area contributed by atoms with Gasteiger partial charge < -0.3 is 4.42 Å². The molecule has 0 amide bonds. The van der Waals surface area contributed by atoms with Gasteiger partial charge in [0.15, 0.2) is 11.6 Å². The summed E-state index contributed by atoms with van der Waals surface area (Å²) >= 11 is 1.41. The predicted molar refractivity (Wildman–Crippen MR) is 56.5 cm³/mol. The van der Waals surface area contributed by atoms with Crippen LogP contribution < -0.4 is 0 Å². The Morgan fingerprint density at radius 1 is 1.33 bits per heavy atom. The normalized spacial score (nSPS) is 9.87. The van der Waals surface area contributed by atoms with E-state index >= 15 is 0 Å². The molecule has 0 aliphatic rings. The minimum Gasteiger partial charge on any atom is -0.433 e. The molecule has 2 rings (SSSR count). The number of hydrogen-bond donors (Lipinski definition) is 0. The molecule has 0 saturated heterocycles. The second-order valence-corrected chi connectivity index (χ2v) is 3.94. The Hall–Kier alpha value is -1.73. The Bertz CT molecular complexity index is 499. The van der Waals surface area contributed by atoms with Crippen LogP contribution in [-0.2, 0) is 0 Å². The van der Waals surface area contributed by atoms with Crippen molar-refractivity contribution in [3.8, 4) is 6.07 Å². The molecule has 15 heavy (non-hydrogen) atoms. The quantitative estimate of drug-likeness (QED) is 0.774. The maximum Gasteiger partial charge on any atom is 0.203 e. The van der Waals surface area contributed by atoms with Gasteiger partial charge in [0.2, 0.25) is 5.09 Å². The third kappa shape index (κ3) is 2.20. The van der Waals surface area contributed by atoms with E-state index < -0.39 is 0 Å². The average Bonchev–Trinajstić information content (AvgIpc) is 2.60. The summed E-state index contributed by atoms with van der Waals surface area (Å²) in [4.78, 5) is 5.01. The molecule has 0 aliphatic carbocycles. The minimum absolute atomic E-state index is 0.348. The maximum absolute atomic E-state index is 8.82. The SMILES string of the molecule is Cc1nc(C#N)c(Sc2ccccc2)o1. The molecule has 0 unspecified atom stereocenters. The van der Waals surface area contributed by atoms with Crippen molar-refractivity contribution in [2.24, 2.45) is 0 Å². The summed E-state index contributed by atoms with van der Waals surface area (Å²) < 4.78 is 5.34. The standard InChI is InChI=1S/C11H8N2OS/c1-8-13-10(7-12)11(14-8)15-9-5-3-2-4-6-9/h2-6H,1H3. The second kappa shape index (κ2) is 4.20. The van der Waals surface area contributed by atoms with E-state index in [0.717, 1.165) is 4.90 Å². The van der Waals surface area contributed by atoms with E-state index in [1.165, 1.54) is 11.8 Å². The molecule has 0 fully saturated rings. The van der Waals surface area contributed by atoms with Gasteiger partial charge in [-0.05, 0) is 23.9 Å². The smallest absolute Gasteiger partial charge is 0.203 e. The van der Waals surface area contributed by atoms with E-state index in [9.17, 15) is 0 Å². The Balaban J connectivity index is 2.29. The van der Waals surface area contributed by atoms with Crippen LogP contribution in [0.25, 0.3) is 0 Å². The molecule has 0 saturated carbocycles. The number of hydrogen-bond acceptors (Lipinski definition) is 4. The molecule has 1 aromatic heterocycles. The third-order valence-corrected chi connectivity index (χ3v) is 2.73. The van der Waals surface area contributed by atoms with Crippen LogP contribution in [0.15, 0.2) is 44.7 Å². The molecule has 0 atom stereocenters. The number of aryl methyl sites for hydroxylation is 1. The molecule has 3 nitrogen and oxygen atoms in total. The van der Waals surface area contributed by atoms with Crippen LogP contribution in [0.1, 0.15) is 11.6 Å². The van der Waals surface area contributed by atoms with Gasteiger partial charge >= 0.3 is 0 Å². The molecule has 0 radical (unpaired) electrons. The van der Waals surface area contributed by atoms with Crippen molar-refractivity contribution in [3.05, 3.63) is 41.9 Å². The molecule has 4 heteroatoms. The molecular weight excluding hydrogens is 208 g/mol. The van der Waals surface area contributed by atoms with Gasteiger partial charge in [0.25, 0.3) is 0 Å². The van der Waals surface area contributed by atoms with Crippen LogP contribution in [0, 0.1) is 18.3 Å². The maximum atomic E-state index is 8.82. The number of benzene rings is 1. The molecular formula is C11H8N2OS. The molecule has 0 N–H and O–H groups in total. The second-order valence-electron chi connectivity index (χ2n) is 2.90. The largest absolute Gasteiger partial charge is 0.433 e. The average molecular weight is 216 g/mol. The summed E-state index contributed by atoms with van der Waals surface area (Å²) in [6.45, 7) is 1.73. The summed E-state index contributed by atoms with van der Waals surface area (Å²) in [5, 5.41) is 9.38. The first kappa shape index (κ1) is 9.81. The van der Waals surface area contributed by atoms with Gasteiger partial charge in [-0.3, -0.25) is 0 Å². The first-order chi connectivity index (χ1) is 7.29. The third-order valence-electron chi connectivity index (χ3n) is 1.76. The Labute approximate surface area is 91.7 Å². The van der Waals surface area contributed by atoms with Crippen LogP contribution in [0.3, 0.4) is 0 Å². The van der Waals surface area contributed by atoms with Crippen molar-refractivity contribution < 1.29 is 4.42 Å². The van der Waals surface area contributed by atoms with Crippen LogP contribution in [0.4, 0.5) is 0 Å². The summed E-state index contributed by atoms with van der Waals surface area (Å²) in [7, 11) is 0. The van der Waals surface area contributed by atoms with Gasteiger partial charge in [0.05, 0.1) is 0 Å². The molecule has 2 aromatic rings. The fraction of sp³-hybridized carbons (Fsp3) is 0.0909. The Morgan fingerprint density at radius 2 is 2.07 bits per heavy atom. The highest BCUT2D eigenvalue weighted by molar-refractivity contribution is 7.99. The van der Waals surface area contributed by atoms with Crippen molar-refractivity contribution in [2.75, 3.05) is 0 Å². The highest BCUT2D eigenvalue weighted by atomic mass is 32.2. The van der Waals surface area contributed by atoms with E-state index in [4.69, 9.17) is 9.68 Å². The predicted octanol–water partition coefficient (Wildman–Crippen LogP) is 3.01. The van der Waals surface area contributed by atoms with Crippen LogP contribution >= 0.6 is 11.8 Å². The first-order valence-electron chi connectivity index (χ1n) is 4.40. The van der Waals surface area contributed by atoms with E-state index in [0.29, 0.717) is 16.7 Å². The van der Waals surface area contributed by atoms with Crippen molar-refractivity contribution in [2.45, 2.75) is 16.9 Å². The Kier molecular flexibility index (Phi) is 2.75. The fourth-order valence-corrected chi connectivity index (χ4v) is 2.00. The highest BCUT2D eigenvalue weighted by Crippen LogP contribution is 2.30. The van der Waals surface area contributed by atoms with E-state index in [1.54, 1.807) is 6.92 Å². The highest BCUT2D eigenvalue weighted by Gasteiger charge is 2.11. The molecule has 0 aliphatic heterocycles. The molecule has 0 bridgehead atoms. The van der Waals surface area contributed by atoms with Gasteiger partial charge in [-0.15, -0.1) is 0 Å². The topological polar surface area (TPSA) is 49.8 Å². The van der Waals surface area contributed by atoms with Gasteiger partial charge in [-0.25, -0.2) is 4.98 Å². The molecule has 74 valence electrons. The van der Waals surface area contributed by atoms with E-state index in [-0.39, 0.29) is 0 Å². The summed E-state index contributed by atoms with van der Waals surface area (Å²) in [5.74, 6) is 0.519. The Morgan fingerprint density at radius 3 is 2.73 bits per heavy atom. The van der Waals surface area contributed by atoms with E-state index in [2.05, 4.69) is 4.98 Å². The molecule has 1 aromatic carbocycles. The van der Waals surface area contributed by atoms with E-state index in [1.807, 2.05) is 36.4 Å². The minimum atomic E-state index is 0.348. The molecule has 1 heterocycles. The number of aromatic nitrogens is 1. The fourth-order valence-electron chi connectivity index (χ4n) is 1.14. The van der Waals surface area contributed by atoms with Crippen molar-refractivity contribution in [1.29, 1.82) is 5.26 Å². The monoisotopic (exact) mass is 216 g/mol. The van der Waals surface area contributed by atoms with Gasteiger partial charge in [-0.1, -0.05) is 18.2 Å². The van der Waals surface area contributed by atoms with Crippen molar-refractivity contribution in [3.63, 3.8) is 0 Å².